The molecule has 1 N–H and O–H groups in total. The van der Waals surface area contributed by atoms with Gasteiger partial charge in [-0.05, 0) is 50.4 Å². The lowest BCUT2D eigenvalue weighted by Gasteiger charge is -2.41. The highest BCUT2D eigenvalue weighted by Gasteiger charge is 2.30. The molecule has 1 aromatic carbocycles. The summed E-state index contributed by atoms with van der Waals surface area (Å²) in [5.41, 5.74) is 2.64. The fraction of sp³-hybridized carbons (Fsp3) is 0.579. The van der Waals surface area contributed by atoms with Crippen LogP contribution in [0.1, 0.15) is 31.9 Å². The van der Waals surface area contributed by atoms with Crippen molar-refractivity contribution in [1.29, 1.82) is 0 Å². The number of fused-ring (bicyclic) bond motifs is 3. The maximum atomic E-state index is 10.9. The Morgan fingerprint density at radius 2 is 1.74 bits per heavy atom. The minimum atomic E-state index is -0.375. The molecule has 1 fully saturated rings. The summed E-state index contributed by atoms with van der Waals surface area (Å²) < 4.78 is 2.41. The molecule has 0 aliphatic carbocycles. The third-order valence-corrected chi connectivity index (χ3v) is 5.64. The van der Waals surface area contributed by atoms with Gasteiger partial charge in [0.25, 0.3) is 0 Å². The van der Waals surface area contributed by atoms with Crippen molar-refractivity contribution in [2.75, 3.05) is 19.6 Å². The Morgan fingerprint density at radius 3 is 2.57 bits per heavy atom. The summed E-state index contributed by atoms with van der Waals surface area (Å²) in [4.78, 5) is 4.70. The zero-order valence-electron chi connectivity index (χ0n) is 14.0. The standard InChI is InChI=1S/C19H27N3O/c1-15(20-9-5-2-6-10-20)19(23)21-11-12-22-17(14-21)13-16-7-3-4-8-18(16)22/h3-4,7-8,13,15,19,23H,2,5-6,9-12,14H2,1H3. The lowest BCUT2D eigenvalue weighted by Crippen LogP contribution is -2.53. The molecule has 0 radical (unpaired) electrons. The molecule has 3 heterocycles. The van der Waals surface area contributed by atoms with Gasteiger partial charge < -0.3 is 9.67 Å². The predicted molar refractivity (Wildman–Crippen MR) is 93.2 cm³/mol. The van der Waals surface area contributed by atoms with Crippen molar-refractivity contribution in [3.63, 3.8) is 0 Å². The lowest BCUT2D eigenvalue weighted by molar-refractivity contribution is -0.0703. The van der Waals surface area contributed by atoms with E-state index in [-0.39, 0.29) is 12.3 Å². The van der Waals surface area contributed by atoms with Gasteiger partial charge in [0, 0.05) is 36.9 Å². The topological polar surface area (TPSA) is 31.6 Å². The number of para-hydroxylation sites is 1. The summed E-state index contributed by atoms with van der Waals surface area (Å²) in [6.45, 7) is 7.17. The number of piperidine rings is 1. The SMILES string of the molecule is CC(C(O)N1CCn2c(cc3ccccc32)C1)N1CCCCC1. The molecule has 4 nitrogen and oxygen atoms in total. The minimum absolute atomic E-state index is 0.214. The molecule has 23 heavy (non-hydrogen) atoms. The van der Waals surface area contributed by atoms with Crippen molar-refractivity contribution in [3.05, 3.63) is 36.0 Å². The van der Waals surface area contributed by atoms with Gasteiger partial charge in [0.1, 0.15) is 6.23 Å². The van der Waals surface area contributed by atoms with Gasteiger partial charge in [0.2, 0.25) is 0 Å². The first-order chi connectivity index (χ1) is 11.2. The van der Waals surface area contributed by atoms with E-state index in [0.717, 1.165) is 32.7 Å². The highest BCUT2D eigenvalue weighted by molar-refractivity contribution is 5.81. The lowest BCUT2D eigenvalue weighted by atomic mass is 10.1. The van der Waals surface area contributed by atoms with Crippen LogP contribution in [0.25, 0.3) is 10.9 Å². The van der Waals surface area contributed by atoms with E-state index in [1.165, 1.54) is 35.9 Å². The van der Waals surface area contributed by atoms with Crippen molar-refractivity contribution < 1.29 is 5.11 Å². The van der Waals surface area contributed by atoms with Gasteiger partial charge >= 0.3 is 0 Å². The zero-order valence-corrected chi connectivity index (χ0v) is 14.0. The monoisotopic (exact) mass is 313 g/mol. The van der Waals surface area contributed by atoms with Crippen LogP contribution in [-0.2, 0) is 13.1 Å². The average molecular weight is 313 g/mol. The van der Waals surface area contributed by atoms with Gasteiger partial charge in [-0.3, -0.25) is 9.80 Å². The summed E-state index contributed by atoms with van der Waals surface area (Å²) >= 11 is 0. The molecule has 0 saturated carbocycles. The van der Waals surface area contributed by atoms with E-state index in [4.69, 9.17) is 0 Å². The molecule has 124 valence electrons. The van der Waals surface area contributed by atoms with Gasteiger partial charge in [-0.15, -0.1) is 0 Å². The molecule has 0 bridgehead atoms. The number of hydrogen-bond acceptors (Lipinski definition) is 3. The van der Waals surface area contributed by atoms with Crippen LogP contribution in [0.3, 0.4) is 0 Å². The van der Waals surface area contributed by atoms with Crippen LogP contribution in [0.15, 0.2) is 30.3 Å². The molecular formula is C19H27N3O. The van der Waals surface area contributed by atoms with Gasteiger partial charge in [-0.1, -0.05) is 24.6 Å². The predicted octanol–water partition coefficient (Wildman–Crippen LogP) is 2.65. The Kier molecular flexibility index (Phi) is 4.14. The molecule has 2 aliphatic rings. The van der Waals surface area contributed by atoms with Crippen LogP contribution in [0.2, 0.25) is 0 Å². The Labute approximate surface area is 138 Å². The quantitative estimate of drug-likeness (QED) is 0.945. The Hall–Kier alpha value is -1.36. The van der Waals surface area contributed by atoms with Gasteiger partial charge in [-0.2, -0.15) is 0 Å². The summed E-state index contributed by atoms with van der Waals surface area (Å²) in [6.07, 6.45) is 3.50. The molecule has 0 spiro atoms. The Morgan fingerprint density at radius 1 is 0.957 bits per heavy atom. The molecule has 2 unspecified atom stereocenters. The zero-order chi connectivity index (χ0) is 15.8. The molecule has 2 atom stereocenters. The van der Waals surface area contributed by atoms with Crippen LogP contribution in [0, 0.1) is 0 Å². The summed E-state index contributed by atoms with van der Waals surface area (Å²) in [6, 6.07) is 11.1. The number of benzene rings is 1. The molecule has 1 aromatic heterocycles. The van der Waals surface area contributed by atoms with Gasteiger partial charge in [0.05, 0.1) is 0 Å². The van der Waals surface area contributed by atoms with E-state index in [0.29, 0.717) is 0 Å². The van der Waals surface area contributed by atoms with Crippen LogP contribution < -0.4 is 0 Å². The van der Waals surface area contributed by atoms with E-state index >= 15 is 0 Å². The van der Waals surface area contributed by atoms with E-state index in [1.807, 2.05) is 0 Å². The summed E-state index contributed by atoms with van der Waals surface area (Å²) in [5.74, 6) is 0. The van der Waals surface area contributed by atoms with Gasteiger partial charge in [-0.25, -0.2) is 0 Å². The van der Waals surface area contributed by atoms with E-state index in [1.54, 1.807) is 0 Å². The Bertz CT molecular complexity index is 674. The third kappa shape index (κ3) is 2.80. The van der Waals surface area contributed by atoms with E-state index in [9.17, 15) is 5.11 Å². The largest absolute Gasteiger partial charge is 0.377 e. The normalized spacial score (nSPS) is 22.9. The van der Waals surface area contributed by atoms with Crippen molar-refractivity contribution in [3.8, 4) is 0 Å². The van der Waals surface area contributed by atoms with Crippen LogP contribution >= 0.6 is 0 Å². The van der Waals surface area contributed by atoms with Crippen molar-refractivity contribution in [2.45, 2.75) is 51.5 Å². The van der Waals surface area contributed by atoms with E-state index in [2.05, 4.69) is 51.6 Å². The summed E-state index contributed by atoms with van der Waals surface area (Å²) in [5, 5.41) is 12.2. The number of hydrogen-bond donors (Lipinski definition) is 1. The van der Waals surface area contributed by atoms with Crippen LogP contribution in [-0.4, -0.2) is 51.4 Å². The molecule has 0 amide bonds. The third-order valence-electron chi connectivity index (χ3n) is 5.64. The number of aliphatic hydroxyl groups is 1. The maximum absolute atomic E-state index is 10.9. The second-order valence-corrected chi connectivity index (χ2v) is 7.07. The first-order valence-electron chi connectivity index (χ1n) is 8.97. The fourth-order valence-corrected chi connectivity index (χ4v) is 4.22. The van der Waals surface area contributed by atoms with E-state index < -0.39 is 0 Å². The first kappa shape index (κ1) is 15.2. The fourth-order valence-electron chi connectivity index (χ4n) is 4.22. The number of aliphatic hydroxyl groups excluding tert-OH is 1. The number of likely N-dealkylation sites (tertiary alicyclic amines) is 1. The second kappa shape index (κ2) is 6.27. The molecule has 2 aromatic rings. The number of nitrogens with zero attached hydrogens (tertiary/aromatic N) is 3. The first-order valence-corrected chi connectivity index (χ1v) is 8.97. The maximum Gasteiger partial charge on any atom is 0.123 e. The highest BCUT2D eigenvalue weighted by atomic mass is 16.3. The number of aromatic nitrogens is 1. The van der Waals surface area contributed by atoms with Crippen molar-refractivity contribution in [2.24, 2.45) is 0 Å². The smallest absolute Gasteiger partial charge is 0.123 e. The second-order valence-electron chi connectivity index (χ2n) is 7.07. The van der Waals surface area contributed by atoms with Crippen LogP contribution in [0.5, 0.6) is 0 Å². The average Bonchev–Trinajstić information content (AvgIpc) is 2.99. The highest BCUT2D eigenvalue weighted by Crippen LogP contribution is 2.26. The minimum Gasteiger partial charge on any atom is -0.377 e. The van der Waals surface area contributed by atoms with Crippen molar-refractivity contribution in [1.82, 2.24) is 14.4 Å². The molecule has 1 saturated heterocycles. The molecule has 4 rings (SSSR count). The number of rotatable bonds is 3. The summed E-state index contributed by atoms with van der Waals surface area (Å²) in [7, 11) is 0. The van der Waals surface area contributed by atoms with Crippen LogP contribution in [0.4, 0.5) is 0 Å². The molecular weight excluding hydrogens is 286 g/mol. The van der Waals surface area contributed by atoms with Crippen molar-refractivity contribution >= 4 is 10.9 Å². The van der Waals surface area contributed by atoms with Gasteiger partial charge in [0.15, 0.2) is 0 Å². The Balaban J connectivity index is 1.50. The molecule has 2 aliphatic heterocycles. The molecule has 4 heteroatoms.